The number of hydrogen-bond donors (Lipinski definition) is 0. The van der Waals surface area contributed by atoms with Crippen LogP contribution in [0.15, 0.2) is 182 Å². The van der Waals surface area contributed by atoms with Gasteiger partial charge in [-0.3, -0.25) is 0 Å². The molecule has 0 radical (unpaired) electrons. The second-order valence-electron chi connectivity index (χ2n) is 37.0. The number of benzene rings is 10. The average Bonchev–Trinajstić information content (AvgIpc) is 0.720. The molecule has 0 unspecified atom stereocenters. The summed E-state index contributed by atoms with van der Waals surface area (Å²) in [6, 6.07) is 49.2. The van der Waals surface area contributed by atoms with Crippen LogP contribution in [0.3, 0.4) is 0 Å². The van der Waals surface area contributed by atoms with Gasteiger partial charge in [0, 0.05) is 0 Å². The van der Waals surface area contributed by atoms with Crippen molar-refractivity contribution in [3.8, 4) is 69.0 Å². The lowest BCUT2D eigenvalue weighted by molar-refractivity contribution is 0.0682. The first kappa shape index (κ1) is 109. The minimum absolute atomic E-state index is 0.148. The van der Waals surface area contributed by atoms with Gasteiger partial charge in [-0.1, -0.05) is 311 Å². The van der Waals surface area contributed by atoms with Crippen molar-refractivity contribution in [1.82, 2.24) is 0 Å². The van der Waals surface area contributed by atoms with Crippen LogP contribution < -0.4 is 56.8 Å². The maximum Gasteiger partial charge on any atom is 0.343 e. The maximum absolute atomic E-state index is 15.1. The molecule has 0 fully saturated rings. The van der Waals surface area contributed by atoms with Crippen LogP contribution in [0.1, 0.15) is 412 Å². The van der Waals surface area contributed by atoms with E-state index in [1.807, 2.05) is 0 Å². The van der Waals surface area contributed by atoms with Crippen molar-refractivity contribution in [2.75, 3.05) is 39.6 Å². The van der Waals surface area contributed by atoms with Gasteiger partial charge >= 0.3 is 35.8 Å². The Labute approximate surface area is 822 Å². The monoisotopic (exact) mass is 1890 g/mol. The molecule has 0 spiro atoms. The highest BCUT2D eigenvalue weighted by Crippen LogP contribution is 2.49. The molecule has 0 aliphatic heterocycles. The van der Waals surface area contributed by atoms with E-state index in [2.05, 4.69) is 41.5 Å². The van der Waals surface area contributed by atoms with Crippen LogP contribution in [0.25, 0.3) is 32.3 Å². The van der Waals surface area contributed by atoms with E-state index >= 15 is 28.8 Å². The van der Waals surface area contributed by atoms with Crippen molar-refractivity contribution in [3.05, 3.63) is 215 Å². The number of esters is 6. The Bertz CT molecular complexity index is 4350. The first-order valence-electron chi connectivity index (χ1n) is 53.0. The summed E-state index contributed by atoms with van der Waals surface area (Å²) in [5.74, 6) is -2.73. The largest absolute Gasteiger partial charge is 0.494 e. The molecule has 744 valence electrons. The molecule has 0 N–H and O–H groups in total. The molecule has 18 heteroatoms. The second kappa shape index (κ2) is 64.0. The predicted octanol–water partition coefficient (Wildman–Crippen LogP) is 33.6. The molecular formula is C120H156O18. The third kappa shape index (κ3) is 38.4. The van der Waals surface area contributed by atoms with Gasteiger partial charge in [-0.25, -0.2) is 28.8 Å². The Hall–Kier alpha value is -11.4. The number of fused-ring (bicyclic) bond motifs is 6. The highest BCUT2D eigenvalue weighted by molar-refractivity contribution is 6.27. The molecule has 138 heavy (non-hydrogen) atoms. The highest BCUT2D eigenvalue weighted by Gasteiger charge is 2.28. The van der Waals surface area contributed by atoms with Gasteiger partial charge < -0.3 is 56.8 Å². The van der Waals surface area contributed by atoms with E-state index in [1.165, 1.54) is 193 Å². The van der Waals surface area contributed by atoms with Gasteiger partial charge in [0.1, 0.15) is 34.5 Å². The summed E-state index contributed by atoms with van der Waals surface area (Å²) in [7, 11) is 0. The van der Waals surface area contributed by atoms with Crippen molar-refractivity contribution in [2.24, 2.45) is 0 Å². The van der Waals surface area contributed by atoms with Crippen molar-refractivity contribution in [3.63, 3.8) is 0 Å². The van der Waals surface area contributed by atoms with Gasteiger partial charge in [0.05, 0.1) is 73.0 Å². The molecular weight excluding hydrogens is 1730 g/mol. The Morgan fingerprint density at radius 1 is 0.152 bits per heavy atom. The number of carbonyl (C=O) groups is 6. The van der Waals surface area contributed by atoms with E-state index in [-0.39, 0.29) is 67.9 Å². The summed E-state index contributed by atoms with van der Waals surface area (Å²) in [5, 5.41) is 1.79. The molecule has 0 saturated carbocycles. The third-order valence-electron chi connectivity index (χ3n) is 25.5. The smallest absolute Gasteiger partial charge is 0.343 e. The summed E-state index contributed by atoms with van der Waals surface area (Å²) in [6.45, 7) is 16.3. The topological polar surface area (TPSA) is 213 Å². The van der Waals surface area contributed by atoms with Gasteiger partial charge in [0.25, 0.3) is 0 Å². The Kier molecular flexibility index (Phi) is 50.3. The zero-order chi connectivity index (χ0) is 97.2. The summed E-state index contributed by atoms with van der Waals surface area (Å²) >= 11 is 0. The molecule has 10 aromatic rings. The molecule has 0 amide bonds. The molecule has 0 saturated heterocycles. The fourth-order valence-corrected chi connectivity index (χ4v) is 17.1. The number of unbranched alkanes of at least 4 members (excludes halogenated alkanes) is 42. The molecule has 18 nitrogen and oxygen atoms in total. The lowest BCUT2D eigenvalue weighted by Crippen LogP contribution is -2.14. The normalized spacial score (nSPS) is 11.3. The molecule has 0 aromatic heterocycles. The first-order chi connectivity index (χ1) is 67.8. The summed E-state index contributed by atoms with van der Waals surface area (Å²) < 4.78 is 76.2. The zero-order valence-electron chi connectivity index (χ0n) is 83.9. The fourth-order valence-electron chi connectivity index (χ4n) is 17.1. The quantitative estimate of drug-likeness (QED) is 0.0150. The van der Waals surface area contributed by atoms with Crippen LogP contribution in [0.5, 0.6) is 69.0 Å². The van der Waals surface area contributed by atoms with Crippen LogP contribution in [0.4, 0.5) is 0 Å². The van der Waals surface area contributed by atoms with E-state index in [0.29, 0.717) is 106 Å². The van der Waals surface area contributed by atoms with E-state index in [0.717, 1.165) is 116 Å². The lowest BCUT2D eigenvalue weighted by atomic mass is 9.93. The summed E-state index contributed by atoms with van der Waals surface area (Å²) in [6.07, 6.45) is 54.9. The lowest BCUT2D eigenvalue weighted by Gasteiger charge is -2.19. The maximum atomic E-state index is 15.1. The first-order valence-corrected chi connectivity index (χ1v) is 53.0. The minimum Gasteiger partial charge on any atom is -0.494 e. The molecule has 10 aromatic carbocycles. The number of hydrogen-bond acceptors (Lipinski definition) is 18. The number of ether oxygens (including phenoxy) is 12. The fraction of sp³-hybridized carbons (Fsp3) is 0.500. The van der Waals surface area contributed by atoms with Crippen molar-refractivity contribution >= 4 is 68.1 Å². The Morgan fingerprint density at radius 3 is 0.377 bits per heavy atom. The van der Waals surface area contributed by atoms with Gasteiger partial charge in [0.15, 0.2) is 34.5 Å². The van der Waals surface area contributed by atoms with E-state index in [1.54, 1.807) is 182 Å². The number of carbonyl (C=O) groups excluding carboxylic acids is 6. The third-order valence-corrected chi connectivity index (χ3v) is 25.5. The summed E-state index contributed by atoms with van der Waals surface area (Å²) in [5.41, 5.74) is 0.891. The van der Waals surface area contributed by atoms with E-state index < -0.39 is 35.8 Å². The van der Waals surface area contributed by atoms with Crippen molar-refractivity contribution in [1.29, 1.82) is 0 Å². The molecule has 10 rings (SSSR count). The minimum atomic E-state index is -0.814. The van der Waals surface area contributed by atoms with Crippen LogP contribution in [0, 0.1) is 0 Å². The molecule has 0 bridgehead atoms. The standard InChI is InChI=1S/C120H156O18/c1-7-13-19-25-31-37-43-49-79-127-97-67-55-91(56-68-97)115(121)133-109-85-103-104(86-110(109)134-116(122)92-57-69-98(70-58-92)128-80-50-44-38-32-26-20-14-8-2)106-88-112(136-118(124)94-61-73-100(74-62-94)130-82-52-46-40-34-28-22-16-10-4)114(138-120(126)96-65-77-102(78-66-96)132-84-54-48-42-36-30-24-18-12-6)90-108(106)107-89-113(137-119(125)95-63-75-101(76-64-95)131-83-53-47-41-35-29-23-17-11-5)111(87-105(103)107)135-117(123)93-59-71-99(72-60-93)129-81-51-45-39-33-27-21-15-9-3/h55-78,85-90H,7-54,79-84H2,1-6H3. The van der Waals surface area contributed by atoms with Crippen LogP contribution in [-0.2, 0) is 0 Å². The van der Waals surface area contributed by atoms with Gasteiger partial charge in [-0.15, -0.1) is 0 Å². The predicted molar refractivity (Wildman–Crippen MR) is 556 cm³/mol. The van der Waals surface area contributed by atoms with Gasteiger partial charge in [-0.2, -0.15) is 0 Å². The number of rotatable bonds is 72. The molecule has 0 atom stereocenters. The van der Waals surface area contributed by atoms with Crippen molar-refractivity contribution < 1.29 is 85.6 Å². The molecule has 0 aliphatic rings. The highest BCUT2D eigenvalue weighted by atomic mass is 16.6. The van der Waals surface area contributed by atoms with Gasteiger partial charge in [-0.05, 0) is 253 Å². The SMILES string of the molecule is CCCCCCCCCCOc1ccc(C(=O)Oc2cc3c4cc(OC(=O)c5ccc(OCCCCCCCCCC)cc5)c(OC(=O)c5ccc(OCCCCCCCCCC)cc5)cc4c4cc(OC(=O)c5ccc(OCCCCCCCCCC)cc5)c(OC(=O)c5ccc(OCCCCCCCCCC)cc5)cc4c3cc2OC(=O)c2ccc(OCCCCCCCCCC)cc2)cc1. The van der Waals surface area contributed by atoms with Gasteiger partial charge in [0.2, 0.25) is 0 Å². The van der Waals surface area contributed by atoms with E-state index in [9.17, 15) is 0 Å². The second-order valence-corrected chi connectivity index (χ2v) is 37.0. The van der Waals surface area contributed by atoms with Crippen molar-refractivity contribution in [2.45, 2.75) is 350 Å². The van der Waals surface area contributed by atoms with Crippen LogP contribution in [-0.4, -0.2) is 75.5 Å². The van der Waals surface area contributed by atoms with E-state index in [4.69, 9.17) is 56.8 Å². The summed E-state index contributed by atoms with van der Waals surface area (Å²) in [4.78, 5) is 90.4. The zero-order valence-corrected chi connectivity index (χ0v) is 83.9. The average molecular weight is 1890 g/mol. The Morgan fingerprint density at radius 2 is 0.261 bits per heavy atom. The van der Waals surface area contributed by atoms with Crippen LogP contribution >= 0.6 is 0 Å². The molecule has 0 aliphatic carbocycles. The van der Waals surface area contributed by atoms with Crippen LogP contribution in [0.2, 0.25) is 0 Å². The molecule has 0 heterocycles. The Balaban J connectivity index is 1.10.